The number of thioether (sulfide) groups is 1. The number of rotatable bonds is 6. The summed E-state index contributed by atoms with van der Waals surface area (Å²) >= 11 is 8.56. The van der Waals surface area contributed by atoms with Gasteiger partial charge in [-0.3, -0.25) is 0 Å². The molecule has 0 aliphatic carbocycles. The molecular formula is C12H17BrN4S3. The van der Waals surface area contributed by atoms with E-state index in [1.54, 1.807) is 34.4 Å². The highest BCUT2D eigenvalue weighted by Gasteiger charge is 2.23. The first kappa shape index (κ1) is 16.2. The molecule has 0 aliphatic rings. The van der Waals surface area contributed by atoms with Crippen molar-refractivity contribution in [2.75, 3.05) is 19.0 Å². The molecule has 0 aromatic carbocycles. The molecule has 2 N–H and O–H groups in total. The van der Waals surface area contributed by atoms with Crippen LogP contribution in [0.5, 0.6) is 0 Å². The first-order valence-corrected chi connectivity index (χ1v) is 9.50. The minimum absolute atomic E-state index is 0.109. The number of nitrogens with zero attached hydrogens (tertiary/aromatic N) is 3. The molecule has 0 bridgehead atoms. The fourth-order valence-corrected chi connectivity index (χ4v) is 5.46. The third-order valence-corrected chi connectivity index (χ3v) is 7.16. The summed E-state index contributed by atoms with van der Waals surface area (Å²) in [6, 6.07) is 4.31. The van der Waals surface area contributed by atoms with Crippen molar-refractivity contribution in [3.05, 3.63) is 20.8 Å². The zero-order valence-corrected chi connectivity index (χ0v) is 15.6. The van der Waals surface area contributed by atoms with E-state index in [0.717, 1.165) is 19.7 Å². The standard InChI is InChI=1S/C12H17BrN4S3/c1-4-7(14)10(8-5-6-9(13)18-8)19-12-16-15-11(20-12)17(2)3/h5-7,10H,4,14H2,1-3H3. The predicted octanol–water partition coefficient (Wildman–Crippen LogP) is 4.00. The summed E-state index contributed by atoms with van der Waals surface area (Å²) < 4.78 is 2.10. The molecule has 4 nitrogen and oxygen atoms in total. The van der Waals surface area contributed by atoms with E-state index in [4.69, 9.17) is 5.73 Å². The van der Waals surface area contributed by atoms with Crippen molar-refractivity contribution in [2.24, 2.45) is 5.73 Å². The van der Waals surface area contributed by atoms with Crippen LogP contribution in [0.3, 0.4) is 0 Å². The summed E-state index contributed by atoms with van der Waals surface area (Å²) in [4.78, 5) is 3.25. The van der Waals surface area contributed by atoms with Crippen LogP contribution in [0.25, 0.3) is 0 Å². The van der Waals surface area contributed by atoms with Gasteiger partial charge in [-0.1, -0.05) is 30.0 Å². The average molecular weight is 393 g/mol. The molecule has 8 heteroatoms. The zero-order valence-electron chi connectivity index (χ0n) is 11.5. The van der Waals surface area contributed by atoms with Gasteiger partial charge in [-0.15, -0.1) is 21.5 Å². The number of hydrogen-bond donors (Lipinski definition) is 1. The van der Waals surface area contributed by atoms with Crippen molar-refractivity contribution in [1.82, 2.24) is 10.2 Å². The Balaban J connectivity index is 2.19. The Kier molecular flexibility index (Phi) is 5.85. The Morgan fingerprint density at radius 3 is 2.60 bits per heavy atom. The second-order valence-electron chi connectivity index (χ2n) is 4.50. The van der Waals surface area contributed by atoms with Crippen molar-refractivity contribution in [3.63, 3.8) is 0 Å². The minimum Gasteiger partial charge on any atom is -0.353 e. The Morgan fingerprint density at radius 1 is 1.35 bits per heavy atom. The maximum absolute atomic E-state index is 6.29. The largest absolute Gasteiger partial charge is 0.353 e. The number of anilines is 1. The fourth-order valence-electron chi connectivity index (χ4n) is 1.59. The van der Waals surface area contributed by atoms with E-state index in [-0.39, 0.29) is 11.3 Å². The van der Waals surface area contributed by atoms with Crippen molar-refractivity contribution in [3.8, 4) is 0 Å². The SMILES string of the molecule is CCC(N)C(Sc1nnc(N(C)C)s1)c1ccc(Br)s1. The van der Waals surface area contributed by atoms with Crippen LogP contribution in [0, 0.1) is 0 Å². The van der Waals surface area contributed by atoms with Crippen LogP contribution >= 0.6 is 50.4 Å². The molecule has 0 spiro atoms. The first-order chi connectivity index (χ1) is 9.51. The summed E-state index contributed by atoms with van der Waals surface area (Å²) in [6.45, 7) is 2.12. The number of hydrogen-bond acceptors (Lipinski definition) is 7. The normalized spacial score (nSPS) is 14.2. The van der Waals surface area contributed by atoms with Gasteiger partial charge in [0.15, 0.2) is 4.34 Å². The van der Waals surface area contributed by atoms with Gasteiger partial charge in [0.05, 0.1) is 9.04 Å². The Hall–Kier alpha value is -0.150. The lowest BCUT2D eigenvalue weighted by Crippen LogP contribution is -2.25. The van der Waals surface area contributed by atoms with Crippen molar-refractivity contribution >= 4 is 55.5 Å². The van der Waals surface area contributed by atoms with E-state index in [9.17, 15) is 0 Å². The van der Waals surface area contributed by atoms with Gasteiger partial charge in [0.2, 0.25) is 5.13 Å². The molecule has 2 rings (SSSR count). The topological polar surface area (TPSA) is 55.0 Å². The number of aromatic nitrogens is 2. The maximum Gasteiger partial charge on any atom is 0.208 e. The molecule has 2 aromatic rings. The molecule has 0 radical (unpaired) electrons. The van der Waals surface area contributed by atoms with Gasteiger partial charge in [-0.05, 0) is 34.5 Å². The van der Waals surface area contributed by atoms with E-state index in [1.807, 2.05) is 19.0 Å². The van der Waals surface area contributed by atoms with Crippen LogP contribution in [-0.4, -0.2) is 30.3 Å². The zero-order chi connectivity index (χ0) is 14.7. The Labute approximate surface area is 139 Å². The lowest BCUT2D eigenvalue weighted by atomic mass is 10.1. The van der Waals surface area contributed by atoms with E-state index < -0.39 is 0 Å². The smallest absolute Gasteiger partial charge is 0.208 e. The van der Waals surface area contributed by atoms with Crippen LogP contribution in [0.1, 0.15) is 23.5 Å². The summed E-state index contributed by atoms with van der Waals surface area (Å²) in [5.74, 6) is 0. The van der Waals surface area contributed by atoms with Gasteiger partial charge >= 0.3 is 0 Å². The summed E-state index contributed by atoms with van der Waals surface area (Å²) in [7, 11) is 3.95. The second-order valence-corrected chi connectivity index (χ2v) is 9.34. The van der Waals surface area contributed by atoms with Gasteiger partial charge in [0.1, 0.15) is 0 Å². The average Bonchev–Trinajstić information content (AvgIpc) is 3.04. The molecule has 0 fully saturated rings. The Morgan fingerprint density at radius 2 is 2.10 bits per heavy atom. The molecule has 2 heterocycles. The highest BCUT2D eigenvalue weighted by molar-refractivity contribution is 9.11. The monoisotopic (exact) mass is 392 g/mol. The lowest BCUT2D eigenvalue weighted by Gasteiger charge is -2.19. The van der Waals surface area contributed by atoms with Gasteiger partial charge < -0.3 is 10.6 Å². The summed E-state index contributed by atoms with van der Waals surface area (Å²) in [5, 5.41) is 9.57. The number of nitrogens with two attached hydrogens (primary N) is 1. The van der Waals surface area contributed by atoms with Crippen molar-refractivity contribution < 1.29 is 0 Å². The van der Waals surface area contributed by atoms with Gasteiger partial charge in [0, 0.05) is 25.0 Å². The van der Waals surface area contributed by atoms with Crippen LogP contribution < -0.4 is 10.6 Å². The van der Waals surface area contributed by atoms with Gasteiger partial charge in [-0.2, -0.15) is 0 Å². The molecule has 0 saturated heterocycles. The molecule has 2 aromatic heterocycles. The van der Waals surface area contributed by atoms with Crippen molar-refractivity contribution in [2.45, 2.75) is 29.0 Å². The Bertz CT molecular complexity index is 554. The molecule has 110 valence electrons. The van der Waals surface area contributed by atoms with E-state index >= 15 is 0 Å². The van der Waals surface area contributed by atoms with Crippen LogP contribution in [0.2, 0.25) is 0 Å². The quantitative estimate of drug-likeness (QED) is 0.752. The molecule has 0 aliphatic heterocycles. The molecule has 0 amide bonds. The second kappa shape index (κ2) is 7.22. The van der Waals surface area contributed by atoms with Crippen molar-refractivity contribution in [1.29, 1.82) is 0 Å². The van der Waals surface area contributed by atoms with Crippen LogP contribution in [0.4, 0.5) is 5.13 Å². The van der Waals surface area contributed by atoms with E-state index in [2.05, 4.69) is 45.2 Å². The number of halogens is 1. The fraction of sp³-hybridized carbons (Fsp3) is 0.500. The van der Waals surface area contributed by atoms with E-state index in [0.29, 0.717) is 0 Å². The minimum atomic E-state index is 0.109. The first-order valence-electron chi connectivity index (χ1n) is 6.19. The maximum atomic E-state index is 6.29. The predicted molar refractivity (Wildman–Crippen MR) is 93.1 cm³/mol. The van der Waals surface area contributed by atoms with Gasteiger partial charge in [0.25, 0.3) is 0 Å². The number of thiophene rings is 1. The third-order valence-electron chi connectivity index (χ3n) is 2.74. The summed E-state index contributed by atoms with van der Waals surface area (Å²) in [6.07, 6.45) is 0.937. The van der Waals surface area contributed by atoms with E-state index in [1.165, 1.54) is 4.88 Å². The molecule has 2 unspecified atom stereocenters. The molecule has 0 saturated carbocycles. The summed E-state index contributed by atoms with van der Waals surface area (Å²) in [5.41, 5.74) is 6.29. The molecular weight excluding hydrogens is 376 g/mol. The molecule has 2 atom stereocenters. The highest BCUT2D eigenvalue weighted by atomic mass is 79.9. The molecule has 20 heavy (non-hydrogen) atoms. The van der Waals surface area contributed by atoms with Gasteiger partial charge in [-0.25, -0.2) is 0 Å². The lowest BCUT2D eigenvalue weighted by molar-refractivity contribution is 0.639. The van der Waals surface area contributed by atoms with Crippen LogP contribution in [-0.2, 0) is 0 Å². The highest BCUT2D eigenvalue weighted by Crippen LogP contribution is 2.43. The third kappa shape index (κ3) is 3.94. The van der Waals surface area contributed by atoms with Crippen LogP contribution in [0.15, 0.2) is 20.3 Å².